The number of unbranched alkanes of at least 4 members (excludes halogenated alkanes) is 13. The molecule has 1 aliphatic heterocycles. The van der Waals surface area contributed by atoms with E-state index in [0.29, 0.717) is 17.9 Å². The van der Waals surface area contributed by atoms with E-state index in [9.17, 15) is 19.1 Å². The molecule has 0 saturated carbocycles. The van der Waals surface area contributed by atoms with Gasteiger partial charge >= 0.3 is 0 Å². The molecule has 1 atom stereocenters. The van der Waals surface area contributed by atoms with E-state index in [-0.39, 0.29) is 16.9 Å². The highest BCUT2D eigenvalue weighted by molar-refractivity contribution is 6.46. The highest BCUT2D eigenvalue weighted by atomic mass is 19.1. The fourth-order valence-electron chi connectivity index (χ4n) is 5.51. The predicted octanol–water partition coefficient (Wildman–Crippen LogP) is 8.74. The highest BCUT2D eigenvalue weighted by Crippen LogP contribution is 2.40. The van der Waals surface area contributed by atoms with Gasteiger partial charge in [0.15, 0.2) is 0 Å². The Morgan fingerprint density at radius 1 is 0.800 bits per heavy atom. The van der Waals surface area contributed by atoms with E-state index >= 15 is 0 Å². The number of Topliss-reactive ketones (excluding diaryl/α,β-unsaturated/α-hetero) is 1. The SMILES string of the molecule is CCCCCCCCCCCCCCCCN1C(=O)C(=O)/C(=C(/O)c2ccc(OC)cc2)[C@@H]1c1ccccc1F. The summed E-state index contributed by atoms with van der Waals surface area (Å²) in [7, 11) is 1.54. The molecule has 1 N–H and O–H groups in total. The molecule has 2 aromatic rings. The molecule has 1 heterocycles. The van der Waals surface area contributed by atoms with E-state index in [1.54, 1.807) is 42.5 Å². The summed E-state index contributed by atoms with van der Waals surface area (Å²) < 4.78 is 20.1. The van der Waals surface area contributed by atoms with Crippen molar-refractivity contribution in [2.24, 2.45) is 0 Å². The molecule has 0 spiro atoms. The van der Waals surface area contributed by atoms with E-state index in [0.717, 1.165) is 25.7 Å². The highest BCUT2D eigenvalue weighted by Gasteiger charge is 2.46. The van der Waals surface area contributed by atoms with E-state index < -0.39 is 23.5 Å². The Kier molecular flexibility index (Phi) is 13.2. The molecule has 218 valence electrons. The zero-order valence-corrected chi connectivity index (χ0v) is 24.3. The molecule has 0 aromatic heterocycles. The number of ketones is 1. The minimum Gasteiger partial charge on any atom is -0.507 e. The van der Waals surface area contributed by atoms with Crippen LogP contribution in [0.2, 0.25) is 0 Å². The standard InChI is InChI=1S/C34H46FNO4/c1-3-4-5-6-7-8-9-10-11-12-13-14-15-18-25-36-31(28-19-16-17-20-29(28)35)30(33(38)34(36)39)32(37)26-21-23-27(40-2)24-22-26/h16-17,19-24,31,37H,3-15,18,25H2,1-2H3/b32-30+/t31-/m0/s1. The third kappa shape index (κ3) is 8.67. The van der Waals surface area contributed by atoms with E-state index in [2.05, 4.69) is 6.92 Å². The number of amides is 1. The minimum absolute atomic E-state index is 0.0781. The third-order valence-electron chi connectivity index (χ3n) is 7.86. The van der Waals surface area contributed by atoms with Crippen molar-refractivity contribution in [2.45, 2.75) is 103 Å². The molecule has 2 aromatic carbocycles. The van der Waals surface area contributed by atoms with Gasteiger partial charge in [0.1, 0.15) is 17.3 Å². The van der Waals surface area contributed by atoms with Gasteiger partial charge in [0, 0.05) is 17.7 Å². The van der Waals surface area contributed by atoms with Gasteiger partial charge in [0.2, 0.25) is 0 Å². The quantitative estimate of drug-likeness (QED) is 0.0870. The topological polar surface area (TPSA) is 66.8 Å². The lowest BCUT2D eigenvalue weighted by Crippen LogP contribution is -2.31. The summed E-state index contributed by atoms with van der Waals surface area (Å²) in [4.78, 5) is 27.7. The van der Waals surface area contributed by atoms with Crippen LogP contribution in [0.15, 0.2) is 54.1 Å². The maximum Gasteiger partial charge on any atom is 0.295 e. The van der Waals surface area contributed by atoms with Gasteiger partial charge in [0.25, 0.3) is 11.7 Å². The lowest BCUT2D eigenvalue weighted by molar-refractivity contribution is -0.140. The van der Waals surface area contributed by atoms with Gasteiger partial charge in [-0.25, -0.2) is 4.39 Å². The second-order valence-corrected chi connectivity index (χ2v) is 10.8. The molecule has 0 aliphatic carbocycles. The monoisotopic (exact) mass is 551 g/mol. The van der Waals surface area contributed by atoms with Crippen molar-refractivity contribution in [3.63, 3.8) is 0 Å². The molecule has 1 amide bonds. The lowest BCUT2D eigenvalue weighted by Gasteiger charge is -2.25. The van der Waals surface area contributed by atoms with Gasteiger partial charge in [-0.2, -0.15) is 0 Å². The second kappa shape index (κ2) is 16.8. The Bertz CT molecular complexity index is 1110. The average Bonchev–Trinajstić information content (AvgIpc) is 3.22. The maximum absolute atomic E-state index is 14.9. The summed E-state index contributed by atoms with van der Waals surface area (Å²) in [5.74, 6) is -1.70. The number of aliphatic hydroxyl groups excluding tert-OH is 1. The number of carbonyl (C=O) groups excluding carboxylic acids is 2. The van der Waals surface area contributed by atoms with Gasteiger partial charge in [-0.15, -0.1) is 0 Å². The summed E-state index contributed by atoms with van der Waals surface area (Å²) in [5.41, 5.74) is 0.504. The van der Waals surface area contributed by atoms with Gasteiger partial charge < -0.3 is 14.7 Å². The van der Waals surface area contributed by atoms with Gasteiger partial charge in [-0.1, -0.05) is 109 Å². The largest absolute Gasteiger partial charge is 0.507 e. The molecule has 3 rings (SSSR count). The summed E-state index contributed by atoms with van der Waals surface area (Å²) >= 11 is 0. The van der Waals surface area contributed by atoms with Crippen molar-refractivity contribution in [3.8, 4) is 5.75 Å². The van der Waals surface area contributed by atoms with E-state index in [4.69, 9.17) is 4.74 Å². The maximum atomic E-state index is 14.9. The lowest BCUT2D eigenvalue weighted by atomic mass is 9.94. The summed E-state index contributed by atoms with van der Waals surface area (Å²) in [5, 5.41) is 11.1. The van der Waals surface area contributed by atoms with E-state index in [1.807, 2.05) is 0 Å². The number of aliphatic hydroxyl groups is 1. The van der Waals surface area contributed by atoms with Crippen LogP contribution in [0.25, 0.3) is 5.76 Å². The molecule has 0 radical (unpaired) electrons. The number of nitrogens with zero attached hydrogens (tertiary/aromatic N) is 1. The summed E-state index contributed by atoms with van der Waals surface area (Å²) in [6.07, 6.45) is 17.1. The molecule has 1 fully saturated rings. The number of hydrogen-bond donors (Lipinski definition) is 1. The van der Waals surface area contributed by atoms with Crippen molar-refractivity contribution < 1.29 is 23.8 Å². The second-order valence-electron chi connectivity index (χ2n) is 10.8. The van der Waals surface area contributed by atoms with Crippen molar-refractivity contribution in [1.29, 1.82) is 0 Å². The molecule has 1 aliphatic rings. The minimum atomic E-state index is -0.967. The summed E-state index contributed by atoms with van der Waals surface area (Å²) in [6.45, 7) is 2.58. The van der Waals surface area contributed by atoms with Gasteiger partial charge in [0.05, 0.1) is 18.7 Å². The third-order valence-corrected chi connectivity index (χ3v) is 7.86. The fraction of sp³-hybridized carbons (Fsp3) is 0.529. The van der Waals surface area contributed by atoms with Gasteiger partial charge in [-0.3, -0.25) is 9.59 Å². The fourth-order valence-corrected chi connectivity index (χ4v) is 5.51. The van der Waals surface area contributed by atoms with Gasteiger partial charge in [-0.05, 0) is 36.8 Å². The first-order chi connectivity index (χ1) is 19.5. The molecule has 40 heavy (non-hydrogen) atoms. The Morgan fingerprint density at radius 3 is 1.85 bits per heavy atom. The van der Waals surface area contributed by atoms with Crippen molar-refractivity contribution in [3.05, 3.63) is 71.0 Å². The number of halogens is 1. The van der Waals surface area contributed by atoms with E-state index in [1.165, 1.54) is 82.3 Å². The van der Waals surface area contributed by atoms with Crippen LogP contribution in [0.1, 0.15) is 114 Å². The van der Waals surface area contributed by atoms with Crippen LogP contribution in [0.4, 0.5) is 4.39 Å². The van der Waals surface area contributed by atoms with Crippen LogP contribution < -0.4 is 4.74 Å². The van der Waals surface area contributed by atoms with Crippen LogP contribution in [0.5, 0.6) is 5.75 Å². The van der Waals surface area contributed by atoms with Crippen molar-refractivity contribution >= 4 is 17.4 Å². The molecule has 6 heteroatoms. The summed E-state index contributed by atoms with van der Waals surface area (Å²) in [6, 6.07) is 11.7. The van der Waals surface area contributed by atoms with Crippen molar-refractivity contribution in [1.82, 2.24) is 4.90 Å². The van der Waals surface area contributed by atoms with Crippen LogP contribution in [-0.4, -0.2) is 35.4 Å². The number of benzene rings is 2. The number of likely N-dealkylation sites (tertiary alicyclic amines) is 1. The first-order valence-corrected chi connectivity index (χ1v) is 15.2. The Morgan fingerprint density at radius 2 is 1.32 bits per heavy atom. The number of methoxy groups -OCH3 is 1. The van der Waals surface area contributed by atoms with Crippen LogP contribution in [-0.2, 0) is 9.59 Å². The Labute approximate surface area is 239 Å². The molecule has 0 bridgehead atoms. The molecular weight excluding hydrogens is 505 g/mol. The van der Waals surface area contributed by atoms with Crippen molar-refractivity contribution in [2.75, 3.05) is 13.7 Å². The first kappa shape index (κ1) is 31.4. The number of hydrogen-bond acceptors (Lipinski definition) is 4. The number of carbonyl (C=O) groups is 2. The molecule has 1 saturated heterocycles. The zero-order valence-electron chi connectivity index (χ0n) is 24.3. The molecule has 5 nitrogen and oxygen atoms in total. The number of ether oxygens (including phenoxy) is 1. The van der Waals surface area contributed by atoms with Crippen LogP contribution in [0.3, 0.4) is 0 Å². The Balaban J connectivity index is 1.55. The predicted molar refractivity (Wildman–Crippen MR) is 159 cm³/mol. The van der Waals surface area contributed by atoms with Crippen LogP contribution in [0, 0.1) is 5.82 Å². The Hall–Kier alpha value is -3.15. The number of rotatable bonds is 18. The molecule has 0 unspecified atom stereocenters. The first-order valence-electron chi connectivity index (χ1n) is 15.2. The average molecular weight is 552 g/mol. The molecular formula is C34H46FNO4. The zero-order chi connectivity index (χ0) is 28.7. The smallest absolute Gasteiger partial charge is 0.295 e. The van der Waals surface area contributed by atoms with Crippen LogP contribution >= 0.6 is 0 Å². The normalized spacial score (nSPS) is 16.6.